The average Bonchev–Trinajstić information content (AvgIpc) is 4.01. The van der Waals surface area contributed by atoms with Gasteiger partial charge in [-0.25, -0.2) is 15.8 Å². The number of nitrogens with one attached hydrogen (secondary N) is 3. The standard InChI is InChI=1S/C56H81ClN8O3S/c1-8-10-11-12-30-63(29-9-2)50(24-13-37(3)54(66)59-45-19-22-46(23-20-45)68-47-21-18-44(35-58)48(57)33-47)64-31-27-56(28-32-64)26-25-43(34-56)41-14-16-42(17-15-41)52-51-38(4)39(5)69-55(51)65-40(6)61-62-53(65)49(60-52)36-67-7/h9,14-18,21,33,37-40,43,45-46,49-51,53,55,61-62H,8,10-13,19-20,22-28,30-32,34,36H2,1-7H3/p+1/t37?,38?,39?,40?,43?,45?,46?,49-,50?,51?,53?,55?/m0/s1. The molecule has 2 aromatic carbocycles. The van der Waals surface area contributed by atoms with Crippen molar-refractivity contribution >= 4 is 40.9 Å². The summed E-state index contributed by atoms with van der Waals surface area (Å²) in [5.74, 6) is 5.92. The van der Waals surface area contributed by atoms with Crippen LogP contribution in [0.3, 0.4) is 0 Å². The minimum absolute atomic E-state index is 0.00913. The van der Waals surface area contributed by atoms with Gasteiger partial charge in [-0.3, -0.25) is 14.7 Å². The number of benzene rings is 2. The summed E-state index contributed by atoms with van der Waals surface area (Å²) in [6.45, 7) is 17.3. The van der Waals surface area contributed by atoms with Crippen molar-refractivity contribution in [1.82, 2.24) is 26.0 Å². The van der Waals surface area contributed by atoms with Gasteiger partial charge in [-0.15, -0.1) is 11.8 Å². The van der Waals surface area contributed by atoms with Gasteiger partial charge in [0.25, 0.3) is 0 Å². The molecule has 0 bridgehead atoms. The summed E-state index contributed by atoms with van der Waals surface area (Å²) < 4.78 is 14.5. The van der Waals surface area contributed by atoms with E-state index in [0.29, 0.717) is 56.7 Å². The van der Waals surface area contributed by atoms with Crippen molar-refractivity contribution in [2.24, 2.45) is 28.2 Å². The number of methoxy groups -OCH3 is 1. The van der Waals surface area contributed by atoms with Crippen molar-refractivity contribution in [3.8, 4) is 11.8 Å². The molecule has 9 unspecified atom stereocenters. The zero-order valence-corrected chi connectivity index (χ0v) is 44.3. The third kappa shape index (κ3) is 12.2. The van der Waals surface area contributed by atoms with Gasteiger partial charge in [0.15, 0.2) is 12.4 Å². The maximum Gasteiger partial charge on any atom is 0.223 e. The first kappa shape index (κ1) is 52.1. The number of piperidine rings is 1. The first-order valence-corrected chi connectivity index (χ1v) is 28.1. The minimum Gasteiger partial charge on any atom is -0.490 e. The Kier molecular flexibility index (Phi) is 18.1. The van der Waals surface area contributed by atoms with Crippen molar-refractivity contribution in [2.75, 3.05) is 33.4 Å². The van der Waals surface area contributed by atoms with E-state index < -0.39 is 0 Å². The van der Waals surface area contributed by atoms with Gasteiger partial charge < -0.3 is 14.8 Å². The Morgan fingerprint density at radius 2 is 1.81 bits per heavy atom. The van der Waals surface area contributed by atoms with E-state index in [0.717, 1.165) is 64.6 Å². The Morgan fingerprint density at radius 3 is 2.51 bits per heavy atom. The fourth-order valence-electron chi connectivity index (χ4n) is 12.7. The van der Waals surface area contributed by atoms with Crippen molar-refractivity contribution in [3.63, 3.8) is 0 Å². The van der Waals surface area contributed by atoms with Crippen molar-refractivity contribution in [3.05, 3.63) is 70.3 Å². The Hall–Kier alpha value is -3.24. The molecule has 0 aromatic heterocycles. The van der Waals surface area contributed by atoms with Gasteiger partial charge in [-0.05, 0) is 125 Å². The number of allylic oxidation sites excluding steroid dienone is 1. The monoisotopic (exact) mass is 982 g/mol. The molecule has 6 aliphatic rings. The van der Waals surface area contributed by atoms with Gasteiger partial charge in [0.05, 0.1) is 34.8 Å². The highest BCUT2D eigenvalue weighted by Crippen LogP contribution is 2.53. The summed E-state index contributed by atoms with van der Waals surface area (Å²) in [5, 5.41) is 14.0. The first-order valence-electron chi connectivity index (χ1n) is 26.8. The van der Waals surface area contributed by atoms with Gasteiger partial charge in [0, 0.05) is 74.0 Å². The van der Waals surface area contributed by atoms with Crippen LogP contribution in [-0.2, 0) is 9.53 Å². The highest BCUT2D eigenvalue weighted by Gasteiger charge is 2.53. The van der Waals surface area contributed by atoms with Gasteiger partial charge in [0.2, 0.25) is 12.1 Å². The summed E-state index contributed by atoms with van der Waals surface area (Å²) in [5.41, 5.74) is 11.9. The van der Waals surface area contributed by atoms with Crippen LogP contribution >= 0.6 is 23.4 Å². The summed E-state index contributed by atoms with van der Waals surface area (Å²) in [4.78, 5) is 24.7. The van der Waals surface area contributed by atoms with Crippen LogP contribution in [0.1, 0.15) is 160 Å². The molecule has 4 heterocycles. The summed E-state index contributed by atoms with van der Waals surface area (Å²) >= 11 is 8.37. The number of hydrogen-bond donors (Lipinski definition) is 3. The number of carbonyl (C=O) groups is 1. The number of nitrogens with zero attached hydrogens (tertiary/aromatic N) is 5. The number of carbonyl (C=O) groups excluding carboxylic acids is 1. The predicted octanol–water partition coefficient (Wildman–Crippen LogP) is 10.3. The Bertz CT molecular complexity index is 2180. The van der Waals surface area contributed by atoms with Crippen LogP contribution in [0.4, 0.5) is 0 Å². The molecule has 1 amide bonds. The van der Waals surface area contributed by atoms with E-state index in [4.69, 9.17) is 26.1 Å². The minimum atomic E-state index is -0.0739. The van der Waals surface area contributed by atoms with Crippen molar-refractivity contribution in [2.45, 2.75) is 191 Å². The number of hydrazine groups is 1. The number of nitriles is 1. The Balaban J connectivity index is 0.876. The quantitative estimate of drug-likeness (QED) is 0.0763. The van der Waals surface area contributed by atoms with Crippen LogP contribution in [0.2, 0.25) is 5.02 Å². The zero-order chi connectivity index (χ0) is 48.7. The lowest BCUT2D eigenvalue weighted by Crippen LogP contribution is -2.51. The Labute approximate surface area is 423 Å². The zero-order valence-electron chi connectivity index (χ0n) is 42.7. The molecule has 3 saturated heterocycles. The number of thioether (sulfide) groups is 1. The van der Waals surface area contributed by atoms with Crippen molar-refractivity contribution in [1.29, 1.82) is 5.26 Å². The number of likely N-dealkylation sites (tertiary alicyclic amines) is 1. The van der Waals surface area contributed by atoms with Crippen LogP contribution in [0, 0.1) is 34.5 Å². The summed E-state index contributed by atoms with van der Waals surface area (Å²) in [7, 11) is 1.79. The van der Waals surface area contributed by atoms with Gasteiger partial charge in [-0.2, -0.15) is 9.84 Å². The maximum absolute atomic E-state index is 13.7. The van der Waals surface area contributed by atoms with E-state index in [2.05, 4.69) is 126 Å². The lowest BCUT2D eigenvalue weighted by Gasteiger charge is -2.41. The van der Waals surface area contributed by atoms with Gasteiger partial charge in [0.1, 0.15) is 24.0 Å². The molecule has 10 atom stereocenters. The fourth-order valence-corrected chi connectivity index (χ4v) is 14.8. The molecule has 69 heavy (non-hydrogen) atoms. The molecule has 8 rings (SSSR count). The molecular formula is C56H82ClN8O3S+. The average molecular weight is 983 g/mol. The number of rotatable bonds is 18. The highest BCUT2D eigenvalue weighted by atomic mass is 35.5. The number of unbranched alkanes of at least 4 members (excludes halogenated alkanes) is 3. The van der Waals surface area contributed by atoms with Crippen molar-refractivity contribution < 1.29 is 18.8 Å². The molecule has 2 aromatic rings. The number of ether oxygens (including phenoxy) is 2. The molecule has 2 aliphatic carbocycles. The van der Waals surface area contributed by atoms with Crippen LogP contribution in [-0.4, -0.2) is 113 Å². The topological polar surface area (TPSA) is 117 Å². The molecule has 376 valence electrons. The second-order valence-corrected chi connectivity index (χ2v) is 23.5. The first-order chi connectivity index (χ1) is 33.4. The van der Waals surface area contributed by atoms with Crippen LogP contribution < -0.4 is 20.9 Å². The third-order valence-electron chi connectivity index (χ3n) is 17.1. The third-order valence-corrected chi connectivity index (χ3v) is 19.0. The van der Waals surface area contributed by atoms with E-state index in [1.807, 2.05) is 6.07 Å². The van der Waals surface area contributed by atoms with E-state index >= 15 is 0 Å². The lowest BCUT2D eigenvalue weighted by atomic mass is 9.75. The number of aliphatic imine (C=N–C) groups is 1. The number of halogens is 1. The SMILES string of the molecule is CC=C=[N+](CCCCCC)C(CCC(C)C(=O)NC1CCC(Oc2ccc(C#N)c(Cl)c2)CC1)N1CCC2(CCC(c3ccc(C4=N[C@@H](COC)C5NNC(C)N5C5SC(C)C(C)C45)cc3)C2)CC1. The summed E-state index contributed by atoms with van der Waals surface area (Å²) in [6, 6.07) is 17.2. The molecule has 1 spiro atoms. The molecular weight excluding hydrogens is 900 g/mol. The van der Waals surface area contributed by atoms with E-state index in [-0.39, 0.29) is 48.5 Å². The van der Waals surface area contributed by atoms with E-state index in [1.165, 1.54) is 68.2 Å². The normalized spacial score (nSPS) is 30.9. The van der Waals surface area contributed by atoms with Crippen LogP contribution in [0.15, 0.2) is 53.5 Å². The van der Waals surface area contributed by atoms with Crippen LogP contribution in [0.5, 0.6) is 5.75 Å². The van der Waals surface area contributed by atoms with E-state index in [9.17, 15) is 10.1 Å². The molecule has 4 aliphatic heterocycles. The number of fused-ring (bicyclic) bond motifs is 3. The highest BCUT2D eigenvalue weighted by molar-refractivity contribution is 8.00. The molecule has 13 heteroatoms. The fraction of sp³-hybridized carbons (Fsp3) is 0.696. The van der Waals surface area contributed by atoms with Crippen LogP contribution in [0.25, 0.3) is 0 Å². The molecule has 11 nitrogen and oxygen atoms in total. The maximum atomic E-state index is 13.7. The molecule has 5 fully saturated rings. The van der Waals surface area contributed by atoms with Gasteiger partial charge >= 0.3 is 0 Å². The number of hydrogen-bond acceptors (Lipinski definition) is 10. The molecule has 3 N–H and O–H groups in total. The smallest absolute Gasteiger partial charge is 0.223 e. The molecule has 2 saturated carbocycles. The Morgan fingerprint density at radius 1 is 1.04 bits per heavy atom. The predicted molar refractivity (Wildman–Crippen MR) is 281 cm³/mol. The second-order valence-electron chi connectivity index (χ2n) is 21.6. The van der Waals surface area contributed by atoms with E-state index in [1.54, 1.807) is 19.2 Å². The summed E-state index contributed by atoms with van der Waals surface area (Å²) in [6.07, 6.45) is 19.2. The lowest BCUT2D eigenvalue weighted by molar-refractivity contribution is -0.588. The molecule has 0 radical (unpaired) electrons. The largest absolute Gasteiger partial charge is 0.490 e. The number of amides is 1. The van der Waals surface area contributed by atoms with Gasteiger partial charge in [-0.1, -0.05) is 76.4 Å². The second kappa shape index (κ2) is 24.0.